The number of amides is 3. The lowest BCUT2D eigenvalue weighted by Crippen LogP contribution is -2.33. The average Bonchev–Trinajstić information content (AvgIpc) is 3.06. The van der Waals surface area contributed by atoms with Crippen molar-refractivity contribution in [1.82, 2.24) is 10.8 Å². The van der Waals surface area contributed by atoms with E-state index in [2.05, 4.69) is 5.32 Å². The third-order valence-electron chi connectivity index (χ3n) is 4.28. The van der Waals surface area contributed by atoms with Crippen molar-refractivity contribution in [3.63, 3.8) is 0 Å². The minimum absolute atomic E-state index is 0.186. The summed E-state index contributed by atoms with van der Waals surface area (Å²) in [5.74, 6) is -1.44. The zero-order valence-corrected chi connectivity index (χ0v) is 14.9. The molecule has 0 bridgehead atoms. The first-order valence-corrected chi connectivity index (χ1v) is 8.46. The minimum atomic E-state index is -0.663. The normalized spacial score (nSPS) is 15.9. The van der Waals surface area contributed by atoms with Crippen molar-refractivity contribution in [2.45, 2.75) is 13.0 Å². The largest absolute Gasteiger partial charge is 0.442 e. The van der Waals surface area contributed by atoms with E-state index in [1.807, 2.05) is 0 Å². The Balaban J connectivity index is 1.76. The number of anilines is 1. The van der Waals surface area contributed by atoms with Crippen LogP contribution in [0.25, 0.3) is 11.1 Å². The van der Waals surface area contributed by atoms with E-state index in [1.54, 1.807) is 18.2 Å². The summed E-state index contributed by atoms with van der Waals surface area (Å²) in [5, 5.41) is 11.2. The quantitative estimate of drug-likeness (QED) is 0.538. The molecule has 1 heterocycles. The van der Waals surface area contributed by atoms with Crippen molar-refractivity contribution in [3.05, 3.63) is 53.8 Å². The summed E-state index contributed by atoms with van der Waals surface area (Å²) in [4.78, 5) is 35.7. The number of nitrogens with one attached hydrogen (secondary N) is 2. The first-order chi connectivity index (χ1) is 13.4. The molecule has 1 aliphatic heterocycles. The lowest BCUT2D eigenvalue weighted by atomic mass is 10.0. The molecule has 0 saturated carbocycles. The summed E-state index contributed by atoms with van der Waals surface area (Å²) < 4.78 is 19.8. The van der Waals surface area contributed by atoms with Gasteiger partial charge in [0.25, 0.3) is 5.91 Å². The molecule has 3 amide bonds. The second kappa shape index (κ2) is 8.05. The molecule has 0 spiro atoms. The fourth-order valence-electron chi connectivity index (χ4n) is 2.87. The van der Waals surface area contributed by atoms with Gasteiger partial charge in [-0.1, -0.05) is 12.1 Å². The second-order valence-corrected chi connectivity index (χ2v) is 6.24. The highest BCUT2D eigenvalue weighted by molar-refractivity contribution is 5.94. The lowest BCUT2D eigenvalue weighted by Gasteiger charge is -2.14. The number of hydroxylamine groups is 1. The molecular weight excluding hydrogens is 369 g/mol. The van der Waals surface area contributed by atoms with E-state index < -0.39 is 23.9 Å². The molecule has 1 aliphatic rings. The third kappa shape index (κ3) is 4.09. The van der Waals surface area contributed by atoms with Crippen molar-refractivity contribution in [3.8, 4) is 11.1 Å². The van der Waals surface area contributed by atoms with Gasteiger partial charge in [-0.25, -0.2) is 14.7 Å². The van der Waals surface area contributed by atoms with E-state index in [4.69, 9.17) is 9.94 Å². The van der Waals surface area contributed by atoms with Crippen LogP contribution in [0.1, 0.15) is 17.3 Å². The highest BCUT2D eigenvalue weighted by atomic mass is 19.1. The summed E-state index contributed by atoms with van der Waals surface area (Å²) in [6.45, 7) is 1.75. The molecule has 2 aromatic rings. The van der Waals surface area contributed by atoms with Gasteiger partial charge in [-0.2, -0.15) is 0 Å². The topological polar surface area (TPSA) is 108 Å². The van der Waals surface area contributed by atoms with E-state index in [0.717, 1.165) is 0 Å². The molecule has 2 aromatic carbocycles. The summed E-state index contributed by atoms with van der Waals surface area (Å²) in [6.07, 6.45) is -1.12. The van der Waals surface area contributed by atoms with Crippen LogP contribution in [-0.4, -0.2) is 42.3 Å². The average molecular weight is 387 g/mol. The number of carbonyl (C=O) groups excluding carboxylic acids is 3. The molecule has 1 saturated heterocycles. The number of cyclic esters (lactones) is 1. The van der Waals surface area contributed by atoms with Crippen LogP contribution in [0.15, 0.2) is 42.5 Å². The van der Waals surface area contributed by atoms with Gasteiger partial charge in [0.2, 0.25) is 5.91 Å². The van der Waals surface area contributed by atoms with Crippen molar-refractivity contribution < 1.29 is 28.7 Å². The van der Waals surface area contributed by atoms with Crippen molar-refractivity contribution in [2.75, 3.05) is 18.0 Å². The lowest BCUT2D eigenvalue weighted by molar-refractivity contribution is -0.119. The van der Waals surface area contributed by atoms with Gasteiger partial charge in [-0.3, -0.25) is 19.7 Å². The monoisotopic (exact) mass is 387 g/mol. The zero-order chi connectivity index (χ0) is 20.3. The molecule has 0 unspecified atom stereocenters. The second-order valence-electron chi connectivity index (χ2n) is 6.24. The number of hydrogen-bond donors (Lipinski definition) is 3. The van der Waals surface area contributed by atoms with Crippen molar-refractivity contribution in [2.24, 2.45) is 0 Å². The predicted molar refractivity (Wildman–Crippen MR) is 97.4 cm³/mol. The SMILES string of the molecule is CC(=O)NC[C@H]1CN(c2ccc(-c3ccc(C(=O)NO)cc3)c(F)c2)C(=O)O1. The number of nitrogens with zero attached hydrogens (tertiary/aromatic N) is 1. The summed E-state index contributed by atoms with van der Waals surface area (Å²) in [5.41, 5.74) is 2.93. The number of hydrogen-bond acceptors (Lipinski definition) is 5. The van der Waals surface area contributed by atoms with Crippen LogP contribution in [0.4, 0.5) is 14.9 Å². The maximum Gasteiger partial charge on any atom is 0.414 e. The Labute approximate surface area is 159 Å². The zero-order valence-electron chi connectivity index (χ0n) is 14.9. The van der Waals surface area contributed by atoms with Gasteiger partial charge in [0.1, 0.15) is 11.9 Å². The standard InChI is InChI=1S/C19H18FN3O5/c1-11(24)21-9-15-10-23(19(26)28-15)14-6-7-16(17(20)8-14)12-2-4-13(5-3-12)18(25)22-27/h2-8,15,27H,9-10H2,1H3,(H,21,24)(H,22,25)/t15-/m0/s1. The molecule has 8 nitrogen and oxygen atoms in total. The van der Waals surface area contributed by atoms with Crippen LogP contribution in [0.3, 0.4) is 0 Å². The molecule has 0 aromatic heterocycles. The van der Waals surface area contributed by atoms with Crippen molar-refractivity contribution >= 4 is 23.6 Å². The Morgan fingerprint density at radius 2 is 1.96 bits per heavy atom. The highest BCUT2D eigenvalue weighted by Crippen LogP contribution is 2.29. The Hall–Kier alpha value is -3.46. The first-order valence-electron chi connectivity index (χ1n) is 8.46. The number of rotatable bonds is 5. The van der Waals surface area contributed by atoms with Gasteiger partial charge < -0.3 is 10.1 Å². The maximum absolute atomic E-state index is 14.6. The molecule has 9 heteroatoms. The van der Waals surface area contributed by atoms with E-state index in [0.29, 0.717) is 16.8 Å². The molecule has 3 N–H and O–H groups in total. The van der Waals surface area contributed by atoms with Crippen LogP contribution >= 0.6 is 0 Å². The molecule has 3 rings (SSSR count). The molecule has 146 valence electrons. The van der Waals surface area contributed by atoms with Crippen LogP contribution in [0.2, 0.25) is 0 Å². The van der Waals surface area contributed by atoms with E-state index in [1.165, 1.54) is 41.6 Å². The smallest absolute Gasteiger partial charge is 0.414 e. The Kier molecular flexibility index (Phi) is 5.55. The predicted octanol–water partition coefficient (Wildman–Crippen LogP) is 2.07. The first kappa shape index (κ1) is 19.3. The van der Waals surface area contributed by atoms with Gasteiger partial charge >= 0.3 is 6.09 Å². The molecule has 0 aliphatic carbocycles. The van der Waals surface area contributed by atoms with Gasteiger partial charge in [-0.15, -0.1) is 0 Å². The van der Waals surface area contributed by atoms with Gasteiger partial charge in [0.05, 0.1) is 18.8 Å². The van der Waals surface area contributed by atoms with E-state index >= 15 is 0 Å². The number of halogens is 1. The molecule has 1 fully saturated rings. The van der Waals surface area contributed by atoms with Crippen molar-refractivity contribution in [1.29, 1.82) is 0 Å². The summed E-state index contributed by atoms with van der Waals surface area (Å²) >= 11 is 0. The Morgan fingerprint density at radius 1 is 1.25 bits per heavy atom. The number of ether oxygens (including phenoxy) is 1. The number of benzene rings is 2. The summed E-state index contributed by atoms with van der Waals surface area (Å²) in [7, 11) is 0. The van der Waals surface area contributed by atoms with E-state index in [-0.39, 0.29) is 24.6 Å². The van der Waals surface area contributed by atoms with Gasteiger partial charge in [0, 0.05) is 18.1 Å². The van der Waals surface area contributed by atoms with Crippen LogP contribution in [0, 0.1) is 5.82 Å². The molecule has 1 atom stereocenters. The highest BCUT2D eigenvalue weighted by Gasteiger charge is 2.32. The molecule has 0 radical (unpaired) electrons. The fourth-order valence-corrected chi connectivity index (χ4v) is 2.87. The third-order valence-corrected chi connectivity index (χ3v) is 4.28. The summed E-state index contributed by atoms with van der Waals surface area (Å²) in [6, 6.07) is 10.4. The van der Waals surface area contributed by atoms with Crippen LogP contribution in [0.5, 0.6) is 0 Å². The Morgan fingerprint density at radius 3 is 2.57 bits per heavy atom. The van der Waals surface area contributed by atoms with Crippen LogP contribution < -0.4 is 15.7 Å². The fraction of sp³-hybridized carbons (Fsp3) is 0.211. The van der Waals surface area contributed by atoms with Crippen LogP contribution in [-0.2, 0) is 9.53 Å². The molecular formula is C19H18FN3O5. The van der Waals surface area contributed by atoms with Gasteiger partial charge in [0.15, 0.2) is 0 Å². The van der Waals surface area contributed by atoms with Gasteiger partial charge in [-0.05, 0) is 35.9 Å². The molecule has 28 heavy (non-hydrogen) atoms. The van der Waals surface area contributed by atoms with E-state index in [9.17, 15) is 18.8 Å². The number of carbonyl (C=O) groups is 3. The Bertz CT molecular complexity index is 916. The maximum atomic E-state index is 14.6. The minimum Gasteiger partial charge on any atom is -0.442 e.